The summed E-state index contributed by atoms with van der Waals surface area (Å²) in [5.41, 5.74) is 4.85. The molecule has 8 rings (SSSR count). The van der Waals surface area contributed by atoms with E-state index in [1.165, 1.54) is 70.6 Å². The highest BCUT2D eigenvalue weighted by molar-refractivity contribution is 7.91. The van der Waals surface area contributed by atoms with Gasteiger partial charge in [0.2, 0.25) is 5.88 Å². The quantitative estimate of drug-likeness (QED) is 0.288. The number of nitrogens with zero attached hydrogens (tertiary/aromatic N) is 2. The number of nitrogens with one attached hydrogen (secondary N) is 1. The van der Waals surface area contributed by atoms with E-state index in [4.69, 9.17) is 4.74 Å². The monoisotopic (exact) mass is 732 g/mol. The molecule has 6 aliphatic carbocycles. The number of aromatic nitrogens is 1. The molecule has 7 aliphatic rings. The first-order valence-electron chi connectivity index (χ1n) is 21.3. The van der Waals surface area contributed by atoms with Crippen LogP contribution in [0.5, 0.6) is 5.88 Å². The minimum atomic E-state index is -2.83. The van der Waals surface area contributed by atoms with Gasteiger partial charge in [0.25, 0.3) is 0 Å². The minimum absolute atomic E-state index is 0.194. The van der Waals surface area contributed by atoms with Crippen LogP contribution in [-0.2, 0) is 9.84 Å². The predicted octanol–water partition coefficient (Wildman–Crippen LogP) is 8.90. The zero-order valence-corrected chi connectivity index (χ0v) is 34.2. The maximum absolute atomic E-state index is 12.0. The number of allylic oxidation sites excluding steroid dienone is 4. The maximum atomic E-state index is 12.0. The van der Waals surface area contributed by atoms with E-state index < -0.39 is 9.84 Å². The average molecular weight is 732 g/mol. The summed E-state index contributed by atoms with van der Waals surface area (Å²) in [4.78, 5) is 6.74. The van der Waals surface area contributed by atoms with Crippen LogP contribution in [0.25, 0.3) is 0 Å². The fourth-order valence-corrected chi connectivity index (χ4v) is 16.0. The van der Waals surface area contributed by atoms with Gasteiger partial charge in [0.1, 0.15) is 0 Å². The van der Waals surface area contributed by atoms with Gasteiger partial charge in [-0.1, -0.05) is 59.8 Å². The lowest BCUT2D eigenvalue weighted by molar-refractivity contribution is -0.221. The lowest BCUT2D eigenvalue weighted by Gasteiger charge is -2.72. The number of pyridine rings is 1. The van der Waals surface area contributed by atoms with E-state index in [9.17, 15) is 8.42 Å². The molecule has 2 unspecified atom stereocenters. The highest BCUT2D eigenvalue weighted by atomic mass is 32.2. The van der Waals surface area contributed by atoms with Crippen LogP contribution in [0.15, 0.2) is 47.7 Å². The minimum Gasteiger partial charge on any atom is -0.477 e. The third kappa shape index (κ3) is 6.08. The number of fused-ring (bicyclic) bond motifs is 7. The Morgan fingerprint density at radius 3 is 2.44 bits per heavy atom. The lowest BCUT2D eigenvalue weighted by atomic mass is 9.33. The molecule has 4 saturated carbocycles. The molecule has 6 nitrogen and oxygen atoms in total. The molecule has 52 heavy (non-hydrogen) atoms. The van der Waals surface area contributed by atoms with Crippen LogP contribution in [0, 0.1) is 57.2 Å². The highest BCUT2D eigenvalue weighted by Gasteiger charge is 2.70. The summed E-state index contributed by atoms with van der Waals surface area (Å²) in [6.07, 6.45) is 22.7. The van der Waals surface area contributed by atoms with Crippen molar-refractivity contribution in [2.75, 3.05) is 44.3 Å². The topological polar surface area (TPSA) is 71.5 Å². The first kappa shape index (κ1) is 37.2. The SMILES string of the molecule is C[C@@H]1CC[C@]2(NCCN3CCS(=O)(=O)CC3)CC[C@]3(C)[C@H](CCC4[C@@]5(C)CC=C(C6=CC[C@H](COc7ccccn7)CC6)C(C)(C)C5CC[C@]43C)[C@@H]12. The number of rotatable bonds is 8. The lowest BCUT2D eigenvalue weighted by Crippen LogP contribution is -2.68. The van der Waals surface area contributed by atoms with E-state index in [-0.39, 0.29) is 11.0 Å². The Kier molecular flexibility index (Phi) is 9.67. The first-order chi connectivity index (χ1) is 24.7. The van der Waals surface area contributed by atoms with Crippen molar-refractivity contribution < 1.29 is 13.2 Å². The van der Waals surface area contributed by atoms with Crippen molar-refractivity contribution in [3.63, 3.8) is 0 Å². The molecule has 2 heterocycles. The third-order valence-electron chi connectivity index (χ3n) is 17.6. The molecule has 288 valence electrons. The van der Waals surface area contributed by atoms with Gasteiger partial charge in [0, 0.05) is 44.0 Å². The summed E-state index contributed by atoms with van der Waals surface area (Å²) in [6.45, 7) is 20.2. The summed E-state index contributed by atoms with van der Waals surface area (Å²) in [5, 5.41) is 4.23. The zero-order chi connectivity index (χ0) is 36.6. The van der Waals surface area contributed by atoms with Gasteiger partial charge in [-0.25, -0.2) is 13.4 Å². The largest absolute Gasteiger partial charge is 0.477 e. The third-order valence-corrected chi connectivity index (χ3v) is 19.3. The van der Waals surface area contributed by atoms with Crippen molar-refractivity contribution in [1.29, 1.82) is 0 Å². The molecular formula is C45H69N3O3S. The molecule has 0 radical (unpaired) electrons. The molecule has 1 aromatic rings. The van der Waals surface area contributed by atoms with Crippen molar-refractivity contribution in [2.45, 2.75) is 124 Å². The van der Waals surface area contributed by atoms with Gasteiger partial charge in [-0.2, -0.15) is 0 Å². The van der Waals surface area contributed by atoms with E-state index in [1.807, 2.05) is 24.4 Å². The fourth-order valence-electron chi connectivity index (χ4n) is 14.8. The van der Waals surface area contributed by atoms with Gasteiger partial charge in [-0.05, 0) is 151 Å². The van der Waals surface area contributed by atoms with Gasteiger partial charge in [-0.15, -0.1) is 0 Å². The van der Waals surface area contributed by atoms with E-state index in [0.29, 0.717) is 46.8 Å². The molecule has 1 aliphatic heterocycles. The van der Waals surface area contributed by atoms with Gasteiger partial charge in [0.15, 0.2) is 9.84 Å². The molecule has 5 fully saturated rings. The zero-order valence-electron chi connectivity index (χ0n) is 33.4. The molecule has 0 aromatic carbocycles. The Balaban J connectivity index is 0.968. The number of hydrogen-bond acceptors (Lipinski definition) is 6. The van der Waals surface area contributed by atoms with Crippen LogP contribution in [0.1, 0.15) is 119 Å². The van der Waals surface area contributed by atoms with Gasteiger partial charge < -0.3 is 15.0 Å². The summed E-state index contributed by atoms with van der Waals surface area (Å²) < 4.78 is 30.1. The number of ether oxygens (including phenoxy) is 1. The molecule has 1 N–H and O–H groups in total. The Morgan fingerprint density at radius 1 is 0.904 bits per heavy atom. The molecular weight excluding hydrogens is 663 g/mol. The second-order valence-corrected chi connectivity index (χ2v) is 22.5. The van der Waals surface area contributed by atoms with Crippen molar-refractivity contribution in [1.82, 2.24) is 15.2 Å². The van der Waals surface area contributed by atoms with E-state index >= 15 is 0 Å². The second kappa shape index (κ2) is 13.5. The smallest absolute Gasteiger partial charge is 0.213 e. The Bertz CT molecular complexity index is 1640. The van der Waals surface area contributed by atoms with Crippen LogP contribution in [0.2, 0.25) is 0 Å². The second-order valence-electron chi connectivity index (χ2n) is 20.2. The van der Waals surface area contributed by atoms with Crippen molar-refractivity contribution in [3.05, 3.63) is 47.7 Å². The van der Waals surface area contributed by atoms with Crippen molar-refractivity contribution in [2.24, 2.45) is 57.2 Å². The summed E-state index contributed by atoms with van der Waals surface area (Å²) in [7, 11) is -2.83. The predicted molar refractivity (Wildman–Crippen MR) is 212 cm³/mol. The average Bonchev–Trinajstić information content (AvgIpc) is 3.45. The molecule has 10 atom stereocenters. The standard InChI is InChI=1S/C45H69N3O3S/c1-32-16-21-45(47-25-26-48-27-29-52(49,50)30-28-48)23-22-43(5)36(40(32)45)14-15-38-42(4)19-17-35(41(2,3)37(42)18-20-44(38,43)6)34-12-10-33(11-13-34)31-51-39-9-7-8-24-46-39/h7-9,12,17,24,32-33,36-38,40,47H,10-11,13-16,18-23,25-31H2,1-6H3/t32-,33+,36-,37?,38?,40-,42+,43-,44-,45+/m1/s1. The summed E-state index contributed by atoms with van der Waals surface area (Å²) >= 11 is 0. The number of sulfone groups is 1. The molecule has 0 spiro atoms. The fraction of sp³-hybridized carbons (Fsp3) is 0.800. The maximum Gasteiger partial charge on any atom is 0.213 e. The van der Waals surface area contributed by atoms with E-state index in [1.54, 1.807) is 11.1 Å². The van der Waals surface area contributed by atoms with Gasteiger partial charge in [-0.3, -0.25) is 0 Å². The Hall–Kier alpha value is -1.70. The van der Waals surface area contributed by atoms with Crippen LogP contribution in [0.4, 0.5) is 0 Å². The van der Waals surface area contributed by atoms with Crippen molar-refractivity contribution in [3.8, 4) is 5.88 Å². The van der Waals surface area contributed by atoms with Crippen LogP contribution in [-0.4, -0.2) is 68.1 Å². The molecule has 1 aromatic heterocycles. The summed E-state index contributed by atoms with van der Waals surface area (Å²) in [6, 6.07) is 5.91. The Labute approximate surface area is 316 Å². The van der Waals surface area contributed by atoms with Crippen molar-refractivity contribution >= 4 is 9.84 Å². The van der Waals surface area contributed by atoms with E-state index in [0.717, 1.165) is 61.6 Å². The molecule has 1 saturated heterocycles. The van der Waals surface area contributed by atoms with Crippen LogP contribution < -0.4 is 10.1 Å². The molecule has 0 amide bonds. The van der Waals surface area contributed by atoms with Crippen LogP contribution >= 0.6 is 0 Å². The Morgan fingerprint density at radius 2 is 1.71 bits per heavy atom. The van der Waals surface area contributed by atoms with Crippen LogP contribution in [0.3, 0.4) is 0 Å². The molecule has 0 bridgehead atoms. The highest BCUT2D eigenvalue weighted by Crippen LogP contribution is 2.76. The van der Waals surface area contributed by atoms with E-state index in [2.05, 4.69) is 68.9 Å². The van der Waals surface area contributed by atoms with Gasteiger partial charge >= 0.3 is 0 Å². The number of hydrogen-bond donors (Lipinski definition) is 1. The normalized spacial score (nSPS) is 44.0. The molecule has 7 heteroatoms. The van der Waals surface area contributed by atoms with Gasteiger partial charge in [0.05, 0.1) is 18.1 Å². The summed E-state index contributed by atoms with van der Waals surface area (Å²) in [5.74, 6) is 5.78. The first-order valence-corrected chi connectivity index (χ1v) is 23.1.